The molecule has 1 heteroatoms. The van der Waals surface area contributed by atoms with Crippen LogP contribution in [0.5, 0.6) is 0 Å². The van der Waals surface area contributed by atoms with Gasteiger partial charge in [-0.3, -0.25) is 0 Å². The third kappa shape index (κ3) is 4.05. The maximum absolute atomic E-state index is 3.91. The summed E-state index contributed by atoms with van der Waals surface area (Å²) in [6.07, 6.45) is 6.97. The Bertz CT molecular complexity index is 204. The Kier molecular flexibility index (Phi) is 5.35. The summed E-state index contributed by atoms with van der Waals surface area (Å²) in [5.74, 6) is 2.73. The first kappa shape index (κ1) is 14.5. The Morgan fingerprint density at radius 3 is 2.38 bits per heavy atom. The molecule has 16 heavy (non-hydrogen) atoms. The maximum atomic E-state index is 3.91. The zero-order valence-electron chi connectivity index (χ0n) is 11.7. The summed E-state index contributed by atoms with van der Waals surface area (Å²) in [5.41, 5.74) is 0.501. The molecule has 0 amide bonds. The van der Waals surface area contributed by atoms with Crippen LogP contribution in [0.2, 0.25) is 0 Å². The van der Waals surface area contributed by atoms with Crippen molar-refractivity contribution < 1.29 is 0 Å². The van der Waals surface area contributed by atoms with Gasteiger partial charge in [-0.15, -0.1) is 0 Å². The summed E-state index contributed by atoms with van der Waals surface area (Å²) in [6, 6.07) is 0. The maximum Gasteiger partial charge on any atom is 0.0174 e. The molecule has 0 nitrogen and oxygen atoms in total. The lowest BCUT2D eigenvalue weighted by Gasteiger charge is -2.41. The lowest BCUT2D eigenvalue weighted by atomic mass is 9.67. The van der Waals surface area contributed by atoms with E-state index < -0.39 is 0 Å². The van der Waals surface area contributed by atoms with Crippen molar-refractivity contribution in [3.8, 4) is 0 Å². The molecule has 1 rings (SSSR count). The highest BCUT2D eigenvalue weighted by Gasteiger charge is 2.34. The van der Waals surface area contributed by atoms with Crippen molar-refractivity contribution >= 4 is 15.9 Å². The fourth-order valence-electron chi connectivity index (χ4n) is 2.94. The number of halogens is 1. The molecule has 0 bridgehead atoms. The minimum absolute atomic E-state index is 0.501. The second kappa shape index (κ2) is 5.89. The Morgan fingerprint density at radius 2 is 1.88 bits per heavy atom. The highest BCUT2D eigenvalue weighted by molar-refractivity contribution is 9.09. The Balaban J connectivity index is 2.55. The average Bonchev–Trinajstić information content (AvgIpc) is 2.19. The molecule has 0 aromatic rings. The van der Waals surface area contributed by atoms with Crippen molar-refractivity contribution in [1.29, 1.82) is 0 Å². The van der Waals surface area contributed by atoms with Crippen molar-refractivity contribution in [3.63, 3.8) is 0 Å². The van der Waals surface area contributed by atoms with Crippen LogP contribution in [0.1, 0.15) is 66.7 Å². The lowest BCUT2D eigenvalue weighted by molar-refractivity contribution is 0.135. The van der Waals surface area contributed by atoms with Crippen molar-refractivity contribution in [2.45, 2.75) is 71.5 Å². The first-order chi connectivity index (χ1) is 7.34. The van der Waals surface area contributed by atoms with Gasteiger partial charge in [0.15, 0.2) is 0 Å². The molecule has 0 radical (unpaired) electrons. The Hall–Kier alpha value is 0.480. The molecule has 1 aliphatic carbocycles. The van der Waals surface area contributed by atoms with E-state index in [9.17, 15) is 0 Å². The topological polar surface area (TPSA) is 0 Å². The van der Waals surface area contributed by atoms with E-state index in [1.807, 2.05) is 0 Å². The van der Waals surface area contributed by atoms with Gasteiger partial charge < -0.3 is 0 Å². The van der Waals surface area contributed by atoms with Gasteiger partial charge in [0.05, 0.1) is 0 Å². The van der Waals surface area contributed by atoms with Crippen molar-refractivity contribution in [1.82, 2.24) is 0 Å². The van der Waals surface area contributed by atoms with E-state index in [0.717, 1.165) is 22.6 Å². The van der Waals surface area contributed by atoms with Gasteiger partial charge in [-0.1, -0.05) is 57.0 Å². The van der Waals surface area contributed by atoms with E-state index in [-0.39, 0.29) is 0 Å². The monoisotopic (exact) mass is 288 g/mol. The number of hydrogen-bond acceptors (Lipinski definition) is 0. The van der Waals surface area contributed by atoms with Gasteiger partial charge in [0, 0.05) is 4.83 Å². The largest absolute Gasteiger partial charge is 0.0888 e. The number of alkyl halides is 1. The van der Waals surface area contributed by atoms with Crippen LogP contribution >= 0.6 is 15.9 Å². The SMILES string of the molecule is CCC(C)CC1CC(C(C)(C)C)CCC1Br. The van der Waals surface area contributed by atoms with Gasteiger partial charge in [-0.2, -0.15) is 0 Å². The van der Waals surface area contributed by atoms with Crippen LogP contribution in [0.4, 0.5) is 0 Å². The van der Waals surface area contributed by atoms with Crippen molar-refractivity contribution in [3.05, 3.63) is 0 Å². The molecular formula is C15H29Br. The smallest absolute Gasteiger partial charge is 0.0174 e. The Morgan fingerprint density at radius 1 is 1.25 bits per heavy atom. The molecule has 4 unspecified atom stereocenters. The first-order valence-corrected chi connectivity index (χ1v) is 7.90. The highest BCUT2D eigenvalue weighted by atomic mass is 79.9. The van der Waals surface area contributed by atoms with E-state index in [4.69, 9.17) is 0 Å². The Labute approximate surface area is 111 Å². The van der Waals surface area contributed by atoms with Crippen LogP contribution < -0.4 is 0 Å². The molecule has 0 aliphatic heterocycles. The summed E-state index contributed by atoms with van der Waals surface area (Å²) in [5, 5.41) is 0. The third-order valence-electron chi connectivity index (χ3n) is 4.52. The van der Waals surface area contributed by atoms with Crippen molar-refractivity contribution in [2.24, 2.45) is 23.2 Å². The van der Waals surface area contributed by atoms with E-state index in [1.54, 1.807) is 0 Å². The number of rotatable bonds is 3. The predicted molar refractivity (Wildman–Crippen MR) is 77.1 cm³/mol. The van der Waals surface area contributed by atoms with E-state index in [1.165, 1.54) is 32.1 Å². The van der Waals surface area contributed by atoms with Gasteiger partial charge in [-0.05, 0) is 48.9 Å². The molecule has 0 aromatic carbocycles. The van der Waals surface area contributed by atoms with E-state index >= 15 is 0 Å². The first-order valence-electron chi connectivity index (χ1n) is 6.98. The van der Waals surface area contributed by atoms with Gasteiger partial charge in [0.1, 0.15) is 0 Å². The molecule has 1 fully saturated rings. The van der Waals surface area contributed by atoms with Gasteiger partial charge in [-0.25, -0.2) is 0 Å². The van der Waals surface area contributed by atoms with Crippen molar-refractivity contribution in [2.75, 3.05) is 0 Å². The fourth-order valence-corrected chi connectivity index (χ4v) is 3.64. The zero-order chi connectivity index (χ0) is 12.3. The van der Waals surface area contributed by atoms with Crippen LogP contribution in [0.3, 0.4) is 0 Å². The standard InChI is InChI=1S/C15H29Br/c1-6-11(2)9-12-10-13(15(3,4)5)7-8-14(12)16/h11-14H,6-10H2,1-5H3. The van der Waals surface area contributed by atoms with Gasteiger partial charge >= 0.3 is 0 Å². The summed E-state index contributed by atoms with van der Waals surface area (Å²) >= 11 is 3.91. The molecule has 0 heterocycles. The minimum Gasteiger partial charge on any atom is -0.0888 e. The average molecular weight is 289 g/mol. The fraction of sp³-hybridized carbons (Fsp3) is 1.00. The normalized spacial score (nSPS) is 33.8. The molecule has 1 aliphatic rings. The van der Waals surface area contributed by atoms with Crippen LogP contribution in [0.15, 0.2) is 0 Å². The molecule has 1 saturated carbocycles. The summed E-state index contributed by atoms with van der Waals surface area (Å²) in [7, 11) is 0. The minimum atomic E-state index is 0.501. The zero-order valence-corrected chi connectivity index (χ0v) is 13.3. The van der Waals surface area contributed by atoms with E-state index in [2.05, 4.69) is 50.5 Å². The van der Waals surface area contributed by atoms with Crippen LogP contribution in [-0.2, 0) is 0 Å². The third-order valence-corrected chi connectivity index (χ3v) is 5.72. The van der Waals surface area contributed by atoms with Crippen LogP contribution in [0.25, 0.3) is 0 Å². The second-order valence-electron chi connectivity index (χ2n) is 6.90. The van der Waals surface area contributed by atoms with Gasteiger partial charge in [0.25, 0.3) is 0 Å². The van der Waals surface area contributed by atoms with Gasteiger partial charge in [0.2, 0.25) is 0 Å². The molecule has 0 spiro atoms. The molecule has 0 aromatic heterocycles. The lowest BCUT2D eigenvalue weighted by Crippen LogP contribution is -2.32. The molecular weight excluding hydrogens is 260 g/mol. The van der Waals surface area contributed by atoms with Crippen LogP contribution in [0, 0.1) is 23.2 Å². The molecule has 4 atom stereocenters. The van der Waals surface area contributed by atoms with E-state index in [0.29, 0.717) is 5.41 Å². The highest BCUT2D eigenvalue weighted by Crippen LogP contribution is 2.44. The summed E-state index contributed by atoms with van der Waals surface area (Å²) in [6.45, 7) is 11.9. The predicted octanol–water partition coefficient (Wildman–Crippen LogP) is 5.65. The van der Waals surface area contributed by atoms with Crippen LogP contribution in [-0.4, -0.2) is 4.83 Å². The molecule has 0 N–H and O–H groups in total. The molecule has 96 valence electrons. The number of hydrogen-bond donors (Lipinski definition) is 0. The summed E-state index contributed by atoms with van der Waals surface area (Å²) in [4.78, 5) is 0.778. The summed E-state index contributed by atoms with van der Waals surface area (Å²) < 4.78 is 0. The quantitative estimate of drug-likeness (QED) is 0.589. The molecule has 0 saturated heterocycles. The second-order valence-corrected chi connectivity index (χ2v) is 8.08.